The van der Waals surface area contributed by atoms with Gasteiger partial charge in [-0.15, -0.1) is 0 Å². The summed E-state index contributed by atoms with van der Waals surface area (Å²) in [6, 6.07) is 7.20. The minimum absolute atomic E-state index is 0. The molecular formula is C25H30Cl2FN7. The maximum absolute atomic E-state index is 13.8. The van der Waals surface area contributed by atoms with Gasteiger partial charge in [-0.1, -0.05) is 30.6 Å². The normalized spacial score (nSPS) is 20.2. The molecule has 186 valence electrons. The SMILES string of the molecule is C.C[C@H]1CN(c2nccnc2Cl)CCN1c1cc(-c2ccc(F)c(Cl)c2)nc(N2CCC[C@@H]2C)n1. The van der Waals surface area contributed by atoms with Crippen LogP contribution in [0.4, 0.5) is 22.0 Å². The number of rotatable bonds is 4. The fourth-order valence-corrected chi connectivity index (χ4v) is 5.15. The molecule has 2 aromatic heterocycles. The Kier molecular flexibility index (Phi) is 7.62. The average Bonchev–Trinajstić information content (AvgIpc) is 3.26. The molecule has 7 nitrogen and oxygen atoms in total. The lowest BCUT2D eigenvalue weighted by atomic mass is 10.1. The van der Waals surface area contributed by atoms with Crippen molar-refractivity contribution in [2.75, 3.05) is 40.9 Å². The predicted molar refractivity (Wildman–Crippen MR) is 141 cm³/mol. The van der Waals surface area contributed by atoms with E-state index in [1.54, 1.807) is 24.5 Å². The summed E-state index contributed by atoms with van der Waals surface area (Å²) in [4.78, 5) is 25.1. The summed E-state index contributed by atoms with van der Waals surface area (Å²) in [5, 5.41) is 0.488. The lowest BCUT2D eigenvalue weighted by Gasteiger charge is -2.41. The molecule has 2 fully saturated rings. The monoisotopic (exact) mass is 517 g/mol. The number of hydrogen-bond acceptors (Lipinski definition) is 7. The number of aromatic nitrogens is 4. The van der Waals surface area contributed by atoms with Gasteiger partial charge in [0.15, 0.2) is 11.0 Å². The lowest BCUT2D eigenvalue weighted by molar-refractivity contribution is 0.541. The molecule has 2 aliphatic heterocycles. The highest BCUT2D eigenvalue weighted by molar-refractivity contribution is 6.31. The molecule has 1 aromatic carbocycles. The Bertz CT molecular complexity index is 1190. The van der Waals surface area contributed by atoms with E-state index in [1.807, 2.05) is 6.07 Å². The highest BCUT2D eigenvalue weighted by atomic mass is 35.5. The van der Waals surface area contributed by atoms with Crippen LogP contribution >= 0.6 is 23.2 Å². The zero-order chi connectivity index (χ0) is 23.8. The summed E-state index contributed by atoms with van der Waals surface area (Å²) >= 11 is 12.4. The summed E-state index contributed by atoms with van der Waals surface area (Å²) in [7, 11) is 0. The Labute approximate surface area is 215 Å². The third-order valence-electron chi connectivity index (χ3n) is 6.58. The minimum atomic E-state index is -0.444. The number of nitrogens with zero attached hydrogens (tertiary/aromatic N) is 7. The third-order valence-corrected chi connectivity index (χ3v) is 7.14. The van der Waals surface area contributed by atoms with Gasteiger partial charge < -0.3 is 14.7 Å². The van der Waals surface area contributed by atoms with Crippen molar-refractivity contribution < 1.29 is 4.39 Å². The number of benzene rings is 1. The number of halogens is 3. The van der Waals surface area contributed by atoms with Crippen LogP contribution in [-0.4, -0.2) is 58.2 Å². The molecule has 0 spiro atoms. The molecule has 5 rings (SSSR count). The second kappa shape index (κ2) is 10.5. The molecule has 0 amide bonds. The smallest absolute Gasteiger partial charge is 0.228 e. The minimum Gasteiger partial charge on any atom is -0.350 e. The van der Waals surface area contributed by atoms with Crippen LogP contribution in [-0.2, 0) is 0 Å². The van der Waals surface area contributed by atoms with Gasteiger partial charge in [0, 0.05) is 62.3 Å². The molecule has 4 heterocycles. The second-order valence-corrected chi connectivity index (χ2v) is 9.65. The first-order valence-electron chi connectivity index (χ1n) is 11.5. The lowest BCUT2D eigenvalue weighted by Crippen LogP contribution is -2.53. The Morgan fingerprint density at radius 1 is 0.943 bits per heavy atom. The first-order valence-corrected chi connectivity index (χ1v) is 12.3. The van der Waals surface area contributed by atoms with Gasteiger partial charge in [0.05, 0.1) is 10.7 Å². The molecule has 2 aliphatic rings. The summed E-state index contributed by atoms with van der Waals surface area (Å²) in [5.74, 6) is 1.80. The zero-order valence-corrected chi connectivity index (χ0v) is 20.6. The summed E-state index contributed by atoms with van der Waals surface area (Å²) in [5.41, 5.74) is 1.49. The van der Waals surface area contributed by atoms with Crippen molar-refractivity contribution in [3.63, 3.8) is 0 Å². The van der Waals surface area contributed by atoms with E-state index in [4.69, 9.17) is 33.2 Å². The van der Waals surface area contributed by atoms with Gasteiger partial charge in [-0.25, -0.2) is 19.3 Å². The molecule has 10 heteroatoms. The molecule has 0 radical (unpaired) electrons. The van der Waals surface area contributed by atoms with Crippen LogP contribution in [0.25, 0.3) is 11.3 Å². The van der Waals surface area contributed by atoms with E-state index in [0.717, 1.165) is 56.1 Å². The van der Waals surface area contributed by atoms with E-state index >= 15 is 0 Å². The zero-order valence-electron chi connectivity index (χ0n) is 19.1. The maximum atomic E-state index is 13.8. The standard InChI is InChI=1S/C24H26Cl2FN7.CH4/c1-15-4-3-9-34(15)24-30-20(17-5-6-19(27)18(25)12-17)13-21(31-24)33-11-10-32(14-16(33)2)23-22(26)28-7-8-29-23;/h5-8,12-13,15-16H,3-4,9-11,14H2,1-2H3;1H4/t15-,16-;/m0./s1. The molecule has 3 aromatic rings. The van der Waals surface area contributed by atoms with Crippen LogP contribution in [0.3, 0.4) is 0 Å². The van der Waals surface area contributed by atoms with Crippen molar-refractivity contribution in [3.05, 3.63) is 52.7 Å². The van der Waals surface area contributed by atoms with Crippen LogP contribution < -0.4 is 14.7 Å². The van der Waals surface area contributed by atoms with E-state index in [2.05, 4.69) is 38.5 Å². The van der Waals surface area contributed by atoms with Crippen molar-refractivity contribution in [1.29, 1.82) is 0 Å². The summed E-state index contributed by atoms with van der Waals surface area (Å²) in [6.07, 6.45) is 5.47. The molecule has 0 saturated carbocycles. The number of anilines is 3. The predicted octanol–water partition coefficient (Wildman–Crippen LogP) is 5.72. The topological polar surface area (TPSA) is 61.3 Å². The van der Waals surface area contributed by atoms with Crippen molar-refractivity contribution in [2.45, 2.75) is 46.2 Å². The maximum Gasteiger partial charge on any atom is 0.228 e. The average molecular weight is 518 g/mol. The van der Waals surface area contributed by atoms with Crippen molar-refractivity contribution in [3.8, 4) is 11.3 Å². The third kappa shape index (κ3) is 5.14. The van der Waals surface area contributed by atoms with Crippen LogP contribution in [0.15, 0.2) is 36.7 Å². The quantitative estimate of drug-likeness (QED) is 0.438. The van der Waals surface area contributed by atoms with Gasteiger partial charge in [-0.05, 0) is 44.9 Å². The molecule has 0 bridgehead atoms. The fourth-order valence-electron chi connectivity index (χ4n) is 4.75. The molecule has 0 N–H and O–H groups in total. The number of hydrogen-bond donors (Lipinski definition) is 0. The number of piperazine rings is 1. The Balaban J connectivity index is 0.00000289. The van der Waals surface area contributed by atoms with Crippen molar-refractivity contribution in [1.82, 2.24) is 19.9 Å². The largest absolute Gasteiger partial charge is 0.350 e. The van der Waals surface area contributed by atoms with Gasteiger partial charge >= 0.3 is 0 Å². The van der Waals surface area contributed by atoms with Crippen LogP contribution in [0, 0.1) is 5.82 Å². The molecule has 35 heavy (non-hydrogen) atoms. The van der Waals surface area contributed by atoms with Crippen LogP contribution in [0.5, 0.6) is 0 Å². The van der Waals surface area contributed by atoms with Gasteiger partial charge in [-0.2, -0.15) is 4.98 Å². The molecular weight excluding hydrogens is 488 g/mol. The van der Waals surface area contributed by atoms with Gasteiger partial charge in [-0.3, -0.25) is 0 Å². The van der Waals surface area contributed by atoms with E-state index in [9.17, 15) is 4.39 Å². The highest BCUT2D eigenvalue weighted by Gasteiger charge is 2.29. The Morgan fingerprint density at radius 2 is 1.74 bits per heavy atom. The molecule has 0 aliphatic carbocycles. The van der Waals surface area contributed by atoms with E-state index in [-0.39, 0.29) is 18.5 Å². The highest BCUT2D eigenvalue weighted by Crippen LogP contribution is 2.32. The van der Waals surface area contributed by atoms with E-state index in [0.29, 0.717) is 23.0 Å². The summed E-state index contributed by atoms with van der Waals surface area (Å²) < 4.78 is 13.8. The van der Waals surface area contributed by atoms with Crippen molar-refractivity contribution >= 4 is 40.8 Å². The second-order valence-electron chi connectivity index (χ2n) is 8.88. The van der Waals surface area contributed by atoms with Gasteiger partial charge in [0.25, 0.3) is 0 Å². The first kappa shape index (κ1) is 25.4. The molecule has 2 atom stereocenters. The van der Waals surface area contributed by atoms with E-state index in [1.165, 1.54) is 6.07 Å². The van der Waals surface area contributed by atoms with E-state index < -0.39 is 5.82 Å². The molecule has 0 unspecified atom stereocenters. The van der Waals surface area contributed by atoms with Gasteiger partial charge in [0.1, 0.15) is 11.6 Å². The van der Waals surface area contributed by atoms with Crippen LogP contribution in [0.2, 0.25) is 10.2 Å². The first-order chi connectivity index (χ1) is 16.4. The molecule has 2 saturated heterocycles. The Morgan fingerprint density at radius 3 is 2.43 bits per heavy atom. The Hall–Kier alpha value is -2.71. The van der Waals surface area contributed by atoms with Gasteiger partial charge in [0.2, 0.25) is 5.95 Å². The fraction of sp³-hybridized carbons (Fsp3) is 0.440. The van der Waals surface area contributed by atoms with Crippen molar-refractivity contribution in [2.24, 2.45) is 0 Å². The van der Waals surface area contributed by atoms with Crippen LogP contribution in [0.1, 0.15) is 34.1 Å². The summed E-state index contributed by atoms with van der Waals surface area (Å²) in [6.45, 7) is 7.48.